The van der Waals surface area contributed by atoms with Gasteiger partial charge in [-0.25, -0.2) is 9.97 Å². The minimum atomic E-state index is 0.719. The van der Waals surface area contributed by atoms with E-state index in [1.165, 1.54) is 16.9 Å². The summed E-state index contributed by atoms with van der Waals surface area (Å²) in [5, 5.41) is 6.19. The molecule has 0 aliphatic heterocycles. The first kappa shape index (κ1) is 15.5. The van der Waals surface area contributed by atoms with E-state index in [0.717, 1.165) is 45.4 Å². The van der Waals surface area contributed by atoms with E-state index in [2.05, 4.69) is 27.4 Å². The molecule has 6 heteroatoms. The molecule has 4 nitrogen and oxygen atoms in total. The fourth-order valence-electron chi connectivity index (χ4n) is 3.08. The minimum Gasteiger partial charge on any atom is -0.261 e. The summed E-state index contributed by atoms with van der Waals surface area (Å²) in [7, 11) is 0. The number of fused-ring (bicyclic) bond motifs is 3. The largest absolute Gasteiger partial charge is 0.261 e. The number of hydrogen-bond donors (Lipinski definition) is 1. The number of thiophene rings is 1. The molecule has 0 fully saturated rings. The number of nitrogens with one attached hydrogen (secondary N) is 1. The summed E-state index contributed by atoms with van der Waals surface area (Å²) >= 11 is 7.69. The fourth-order valence-corrected chi connectivity index (χ4v) is 4.55. The van der Waals surface area contributed by atoms with Crippen LogP contribution < -0.4 is 5.43 Å². The van der Waals surface area contributed by atoms with Gasteiger partial charge >= 0.3 is 0 Å². The average molecular weight is 357 g/mol. The molecule has 0 radical (unpaired) electrons. The Morgan fingerprint density at radius 2 is 2.12 bits per heavy atom. The average Bonchev–Trinajstić information content (AvgIpc) is 2.95. The van der Waals surface area contributed by atoms with E-state index in [1.807, 2.05) is 24.3 Å². The van der Waals surface area contributed by atoms with Crippen molar-refractivity contribution in [2.75, 3.05) is 5.43 Å². The van der Waals surface area contributed by atoms with Gasteiger partial charge in [0.2, 0.25) is 0 Å². The summed E-state index contributed by atoms with van der Waals surface area (Å²) in [5.41, 5.74) is 5.48. The summed E-state index contributed by atoms with van der Waals surface area (Å²) in [6.07, 6.45) is 6.84. The van der Waals surface area contributed by atoms with E-state index in [-0.39, 0.29) is 0 Å². The monoisotopic (exact) mass is 356 g/mol. The van der Waals surface area contributed by atoms with Crippen molar-refractivity contribution in [3.8, 4) is 0 Å². The van der Waals surface area contributed by atoms with E-state index in [1.54, 1.807) is 23.9 Å². The van der Waals surface area contributed by atoms with Crippen LogP contribution in [0.4, 0.5) is 5.82 Å². The van der Waals surface area contributed by atoms with Crippen LogP contribution >= 0.6 is 22.9 Å². The molecule has 1 atom stereocenters. The number of halogens is 1. The third-order valence-electron chi connectivity index (χ3n) is 4.35. The quantitative estimate of drug-likeness (QED) is 0.535. The summed E-state index contributed by atoms with van der Waals surface area (Å²) < 4.78 is 0. The third-order valence-corrected chi connectivity index (χ3v) is 5.76. The topological polar surface area (TPSA) is 50.2 Å². The normalized spacial score (nSPS) is 17.3. The highest BCUT2D eigenvalue weighted by Crippen LogP contribution is 2.39. The molecule has 122 valence electrons. The molecule has 1 N–H and O–H groups in total. The van der Waals surface area contributed by atoms with Gasteiger partial charge in [0.1, 0.15) is 11.2 Å². The van der Waals surface area contributed by atoms with Crippen LogP contribution in [0.5, 0.6) is 0 Å². The second-order valence-electron chi connectivity index (χ2n) is 6.18. The van der Waals surface area contributed by atoms with Crippen molar-refractivity contribution < 1.29 is 0 Å². The maximum absolute atomic E-state index is 5.90. The van der Waals surface area contributed by atoms with Crippen LogP contribution in [0, 0.1) is 5.92 Å². The van der Waals surface area contributed by atoms with Gasteiger partial charge in [-0.05, 0) is 48.4 Å². The van der Waals surface area contributed by atoms with Gasteiger partial charge in [0.25, 0.3) is 0 Å². The molecule has 0 spiro atoms. The Hall–Kier alpha value is -1.98. The Morgan fingerprint density at radius 1 is 1.29 bits per heavy atom. The number of hydrazone groups is 1. The Kier molecular flexibility index (Phi) is 4.21. The number of anilines is 1. The van der Waals surface area contributed by atoms with Crippen LogP contribution in [0.15, 0.2) is 35.7 Å². The smallest absolute Gasteiger partial charge is 0.158 e. The number of aryl methyl sites for hydroxylation is 1. The Balaban J connectivity index is 1.63. The number of hydrogen-bond acceptors (Lipinski definition) is 5. The lowest BCUT2D eigenvalue weighted by Crippen LogP contribution is -2.09. The van der Waals surface area contributed by atoms with Crippen LogP contribution in [-0.4, -0.2) is 16.2 Å². The predicted molar refractivity (Wildman–Crippen MR) is 101 cm³/mol. The highest BCUT2D eigenvalue weighted by Gasteiger charge is 2.22. The summed E-state index contributed by atoms with van der Waals surface area (Å²) in [5.74, 6) is 1.54. The van der Waals surface area contributed by atoms with Crippen molar-refractivity contribution in [2.45, 2.75) is 26.2 Å². The highest BCUT2D eigenvalue weighted by molar-refractivity contribution is 7.19. The van der Waals surface area contributed by atoms with Gasteiger partial charge in [0.05, 0.1) is 11.6 Å². The van der Waals surface area contributed by atoms with Crippen molar-refractivity contribution >= 4 is 45.2 Å². The number of rotatable bonds is 3. The lowest BCUT2D eigenvalue weighted by atomic mass is 9.89. The molecule has 0 amide bonds. The molecule has 0 saturated carbocycles. The molecule has 0 saturated heterocycles. The first-order valence-corrected chi connectivity index (χ1v) is 9.20. The van der Waals surface area contributed by atoms with E-state index in [9.17, 15) is 0 Å². The molecule has 1 aliphatic carbocycles. The van der Waals surface area contributed by atoms with Gasteiger partial charge in [0.15, 0.2) is 5.82 Å². The maximum Gasteiger partial charge on any atom is 0.158 e. The maximum atomic E-state index is 5.90. The molecular weight excluding hydrogens is 340 g/mol. The van der Waals surface area contributed by atoms with E-state index in [0.29, 0.717) is 0 Å². The van der Waals surface area contributed by atoms with Crippen LogP contribution in [0.2, 0.25) is 5.02 Å². The van der Waals surface area contributed by atoms with E-state index >= 15 is 0 Å². The fraction of sp³-hybridized carbons (Fsp3) is 0.278. The van der Waals surface area contributed by atoms with Crippen LogP contribution in [0.3, 0.4) is 0 Å². The first-order chi connectivity index (χ1) is 11.7. The third kappa shape index (κ3) is 3.01. The van der Waals surface area contributed by atoms with Crippen LogP contribution in [0.1, 0.15) is 29.3 Å². The lowest BCUT2D eigenvalue weighted by molar-refractivity contribution is 0.509. The molecule has 4 rings (SSSR count). The number of benzene rings is 1. The molecule has 1 aliphatic rings. The zero-order valence-electron chi connectivity index (χ0n) is 13.3. The highest BCUT2D eigenvalue weighted by atomic mass is 35.5. The zero-order valence-corrected chi connectivity index (χ0v) is 14.9. The van der Waals surface area contributed by atoms with Gasteiger partial charge in [-0.15, -0.1) is 11.3 Å². The molecule has 3 aromatic rings. The zero-order chi connectivity index (χ0) is 16.5. The van der Waals surface area contributed by atoms with Crippen molar-refractivity contribution in [2.24, 2.45) is 11.0 Å². The minimum absolute atomic E-state index is 0.719. The Bertz CT molecular complexity index is 901. The number of nitrogens with zero attached hydrogens (tertiary/aromatic N) is 3. The molecule has 1 aromatic carbocycles. The van der Waals surface area contributed by atoms with Gasteiger partial charge in [-0.1, -0.05) is 30.7 Å². The second-order valence-corrected chi connectivity index (χ2v) is 7.70. The summed E-state index contributed by atoms with van der Waals surface area (Å²) in [6, 6.07) is 7.55. The van der Waals surface area contributed by atoms with Crippen molar-refractivity contribution in [3.05, 3.63) is 51.6 Å². The van der Waals surface area contributed by atoms with Crippen LogP contribution in [-0.2, 0) is 12.8 Å². The van der Waals surface area contributed by atoms with Gasteiger partial charge < -0.3 is 0 Å². The molecule has 0 unspecified atom stereocenters. The molecule has 2 aromatic heterocycles. The standard InChI is InChI=1S/C18H17ClN4S/c1-11-2-7-14-15(8-11)24-18-16(14)17(20-10-21-18)23-22-9-12-3-5-13(19)6-4-12/h3-6,9-11H,2,7-8H2,1H3,(H,20,21,23)/b22-9-/t11-/m0/s1. The van der Waals surface area contributed by atoms with Gasteiger partial charge in [0, 0.05) is 9.90 Å². The molecule has 24 heavy (non-hydrogen) atoms. The Morgan fingerprint density at radius 3 is 2.96 bits per heavy atom. The Labute approximate surface area is 149 Å². The molecular formula is C18H17ClN4S. The van der Waals surface area contributed by atoms with E-state index in [4.69, 9.17) is 11.6 Å². The summed E-state index contributed by atoms with van der Waals surface area (Å²) in [4.78, 5) is 11.4. The SMILES string of the molecule is C[C@H]1CCc2c(sc3ncnc(N/N=C\c4ccc(Cl)cc4)c23)C1. The van der Waals surface area contributed by atoms with Crippen molar-refractivity contribution in [1.82, 2.24) is 9.97 Å². The predicted octanol–water partition coefficient (Wildman–Crippen LogP) is 4.92. The number of aromatic nitrogens is 2. The van der Waals surface area contributed by atoms with Crippen LogP contribution in [0.25, 0.3) is 10.2 Å². The lowest BCUT2D eigenvalue weighted by Gasteiger charge is -2.18. The molecule has 2 heterocycles. The van der Waals surface area contributed by atoms with Crippen molar-refractivity contribution in [1.29, 1.82) is 0 Å². The van der Waals surface area contributed by atoms with Crippen molar-refractivity contribution in [3.63, 3.8) is 0 Å². The van der Waals surface area contributed by atoms with E-state index < -0.39 is 0 Å². The summed E-state index contributed by atoms with van der Waals surface area (Å²) in [6.45, 7) is 2.31. The van der Waals surface area contributed by atoms with Gasteiger partial charge in [-0.3, -0.25) is 5.43 Å². The van der Waals surface area contributed by atoms with Gasteiger partial charge in [-0.2, -0.15) is 5.10 Å². The molecule has 0 bridgehead atoms. The first-order valence-electron chi connectivity index (χ1n) is 8.00. The second kappa shape index (κ2) is 6.49.